The summed E-state index contributed by atoms with van der Waals surface area (Å²) >= 11 is 0. The van der Waals surface area contributed by atoms with Crippen LogP contribution >= 0.6 is 0 Å². The highest BCUT2D eigenvalue weighted by atomic mass is 16.3. The summed E-state index contributed by atoms with van der Waals surface area (Å²) in [6.07, 6.45) is 2.67. The lowest BCUT2D eigenvalue weighted by Crippen LogP contribution is -2.00. The largest absolute Gasteiger partial charge is 0.396 e. The molecule has 0 aromatic carbocycles. The Morgan fingerprint density at radius 2 is 2.33 bits per heavy atom. The van der Waals surface area contributed by atoms with Crippen LogP contribution in [0.2, 0.25) is 0 Å². The number of hydrogen-bond acceptors (Lipinski definition) is 3. The zero-order valence-electron chi connectivity index (χ0n) is 7.56. The van der Waals surface area contributed by atoms with Crippen LogP contribution in [0.5, 0.6) is 0 Å². The van der Waals surface area contributed by atoms with E-state index in [9.17, 15) is 0 Å². The maximum atomic E-state index is 8.58. The molecule has 0 spiro atoms. The molecule has 0 radical (unpaired) electrons. The van der Waals surface area contributed by atoms with E-state index in [1.165, 1.54) is 0 Å². The average Bonchev–Trinajstić information content (AvgIpc) is 2.48. The molecule has 1 aromatic rings. The second-order valence-electron chi connectivity index (χ2n) is 3.14. The van der Waals surface area contributed by atoms with E-state index in [0.717, 1.165) is 18.7 Å². The highest BCUT2D eigenvalue weighted by molar-refractivity contribution is 4.97. The first-order chi connectivity index (χ1) is 5.74. The number of aliphatic hydroxyl groups is 1. The van der Waals surface area contributed by atoms with Gasteiger partial charge >= 0.3 is 0 Å². The van der Waals surface area contributed by atoms with Gasteiger partial charge in [0.25, 0.3) is 0 Å². The molecule has 0 amide bonds. The fourth-order valence-corrected chi connectivity index (χ4v) is 0.920. The van der Waals surface area contributed by atoms with Crippen molar-refractivity contribution in [1.29, 1.82) is 0 Å². The lowest BCUT2D eigenvalue weighted by molar-refractivity contribution is 0.276. The first-order valence-corrected chi connectivity index (χ1v) is 4.25. The van der Waals surface area contributed by atoms with Gasteiger partial charge < -0.3 is 5.11 Å². The number of hydrogen-bond donors (Lipinski definition) is 1. The fourth-order valence-electron chi connectivity index (χ4n) is 0.920. The van der Waals surface area contributed by atoms with Gasteiger partial charge in [0.15, 0.2) is 0 Å². The molecular formula is C8H15N3O. The predicted molar refractivity (Wildman–Crippen MR) is 45.8 cm³/mol. The number of aryl methyl sites for hydroxylation is 1. The third-order valence-corrected chi connectivity index (χ3v) is 1.69. The first-order valence-electron chi connectivity index (χ1n) is 4.25. The van der Waals surface area contributed by atoms with Crippen molar-refractivity contribution in [3.05, 3.63) is 11.9 Å². The molecule has 4 heteroatoms. The maximum absolute atomic E-state index is 8.58. The van der Waals surface area contributed by atoms with Crippen molar-refractivity contribution in [2.75, 3.05) is 6.61 Å². The molecule has 68 valence electrons. The van der Waals surface area contributed by atoms with Gasteiger partial charge in [-0.2, -0.15) is 0 Å². The van der Waals surface area contributed by atoms with Crippen LogP contribution in [0, 0.1) is 0 Å². The van der Waals surface area contributed by atoms with E-state index in [2.05, 4.69) is 24.2 Å². The molecule has 0 bridgehead atoms. The Bertz CT molecular complexity index is 232. The maximum Gasteiger partial charge on any atom is 0.0852 e. The smallest absolute Gasteiger partial charge is 0.0852 e. The van der Waals surface area contributed by atoms with E-state index < -0.39 is 0 Å². The fraction of sp³-hybridized carbons (Fsp3) is 0.750. The van der Waals surface area contributed by atoms with Crippen LogP contribution in [0.4, 0.5) is 0 Å². The van der Waals surface area contributed by atoms with Gasteiger partial charge in [-0.05, 0) is 12.3 Å². The van der Waals surface area contributed by atoms with Crippen LogP contribution in [0.25, 0.3) is 0 Å². The summed E-state index contributed by atoms with van der Waals surface area (Å²) in [5.74, 6) is 0.424. The lowest BCUT2D eigenvalue weighted by Gasteiger charge is -1.96. The normalized spacial score (nSPS) is 11.0. The second kappa shape index (κ2) is 4.21. The Labute approximate surface area is 72.2 Å². The molecule has 1 rings (SSSR count). The van der Waals surface area contributed by atoms with Gasteiger partial charge in [0, 0.05) is 19.3 Å². The molecule has 0 saturated heterocycles. The number of rotatable bonds is 4. The molecule has 0 aliphatic heterocycles. The summed E-state index contributed by atoms with van der Waals surface area (Å²) in [6, 6.07) is 0. The van der Waals surface area contributed by atoms with Crippen LogP contribution in [0.3, 0.4) is 0 Å². The predicted octanol–water partition coefficient (Wildman–Crippen LogP) is 0.784. The third-order valence-electron chi connectivity index (χ3n) is 1.69. The van der Waals surface area contributed by atoms with E-state index in [0.29, 0.717) is 5.92 Å². The van der Waals surface area contributed by atoms with Gasteiger partial charge in [0.2, 0.25) is 0 Å². The molecule has 1 heterocycles. The molecule has 0 aliphatic carbocycles. The van der Waals surface area contributed by atoms with Crippen molar-refractivity contribution in [2.45, 2.75) is 32.7 Å². The van der Waals surface area contributed by atoms with E-state index in [-0.39, 0.29) is 6.61 Å². The molecule has 1 aromatic heterocycles. The Hall–Kier alpha value is -0.900. The summed E-state index contributed by atoms with van der Waals surface area (Å²) in [6.45, 7) is 5.12. The van der Waals surface area contributed by atoms with Crippen molar-refractivity contribution >= 4 is 0 Å². The SMILES string of the molecule is CC(C)c1cn(CCCO)nn1. The van der Waals surface area contributed by atoms with Crippen LogP contribution in [0.15, 0.2) is 6.20 Å². The molecule has 0 saturated carbocycles. The van der Waals surface area contributed by atoms with E-state index in [4.69, 9.17) is 5.11 Å². The van der Waals surface area contributed by atoms with Crippen molar-refractivity contribution < 1.29 is 5.11 Å². The Morgan fingerprint density at radius 1 is 1.58 bits per heavy atom. The zero-order chi connectivity index (χ0) is 8.97. The van der Waals surface area contributed by atoms with E-state index in [1.54, 1.807) is 4.68 Å². The van der Waals surface area contributed by atoms with E-state index in [1.807, 2.05) is 6.20 Å². The Balaban J connectivity index is 2.52. The number of aliphatic hydroxyl groups excluding tert-OH is 1. The highest BCUT2D eigenvalue weighted by Crippen LogP contribution is 2.08. The van der Waals surface area contributed by atoms with Crippen LogP contribution < -0.4 is 0 Å². The summed E-state index contributed by atoms with van der Waals surface area (Å²) < 4.78 is 1.77. The van der Waals surface area contributed by atoms with Gasteiger partial charge in [0.05, 0.1) is 5.69 Å². The van der Waals surface area contributed by atoms with Crippen molar-refractivity contribution in [2.24, 2.45) is 0 Å². The van der Waals surface area contributed by atoms with Gasteiger partial charge in [-0.15, -0.1) is 5.10 Å². The van der Waals surface area contributed by atoms with Crippen LogP contribution in [-0.2, 0) is 6.54 Å². The third kappa shape index (κ3) is 2.30. The summed E-state index contributed by atoms with van der Waals surface area (Å²) in [7, 11) is 0. The minimum absolute atomic E-state index is 0.205. The molecular weight excluding hydrogens is 154 g/mol. The highest BCUT2D eigenvalue weighted by Gasteiger charge is 2.03. The van der Waals surface area contributed by atoms with Crippen molar-refractivity contribution in [3.8, 4) is 0 Å². The molecule has 12 heavy (non-hydrogen) atoms. The van der Waals surface area contributed by atoms with Crippen molar-refractivity contribution in [3.63, 3.8) is 0 Å². The van der Waals surface area contributed by atoms with Crippen LogP contribution in [-0.4, -0.2) is 26.7 Å². The zero-order valence-corrected chi connectivity index (χ0v) is 7.56. The molecule has 4 nitrogen and oxygen atoms in total. The first kappa shape index (κ1) is 9.19. The quantitative estimate of drug-likeness (QED) is 0.724. The minimum Gasteiger partial charge on any atom is -0.396 e. The molecule has 0 unspecified atom stereocenters. The molecule has 0 fully saturated rings. The topological polar surface area (TPSA) is 50.9 Å². The van der Waals surface area contributed by atoms with E-state index >= 15 is 0 Å². The Kier molecular flexibility index (Phi) is 3.22. The number of aromatic nitrogens is 3. The summed E-state index contributed by atoms with van der Waals surface area (Å²) in [4.78, 5) is 0. The average molecular weight is 169 g/mol. The minimum atomic E-state index is 0.205. The summed E-state index contributed by atoms with van der Waals surface area (Å²) in [5.41, 5.74) is 1.01. The molecule has 0 aliphatic rings. The number of nitrogens with zero attached hydrogens (tertiary/aromatic N) is 3. The van der Waals surface area contributed by atoms with Crippen LogP contribution in [0.1, 0.15) is 31.9 Å². The second-order valence-corrected chi connectivity index (χ2v) is 3.14. The van der Waals surface area contributed by atoms with Gasteiger partial charge in [-0.3, -0.25) is 4.68 Å². The Morgan fingerprint density at radius 3 is 2.83 bits per heavy atom. The van der Waals surface area contributed by atoms with Gasteiger partial charge in [-0.25, -0.2) is 0 Å². The van der Waals surface area contributed by atoms with Crippen molar-refractivity contribution in [1.82, 2.24) is 15.0 Å². The van der Waals surface area contributed by atoms with Gasteiger partial charge in [0.1, 0.15) is 0 Å². The monoisotopic (exact) mass is 169 g/mol. The molecule has 1 N–H and O–H groups in total. The summed E-state index contributed by atoms with van der Waals surface area (Å²) in [5, 5.41) is 16.5. The standard InChI is InChI=1S/C8H15N3O/c1-7(2)8-6-11(10-9-8)4-3-5-12/h6-7,12H,3-5H2,1-2H3. The molecule has 0 atom stereocenters. The lowest BCUT2D eigenvalue weighted by atomic mass is 10.2. The van der Waals surface area contributed by atoms with Gasteiger partial charge in [-0.1, -0.05) is 19.1 Å².